The van der Waals surface area contributed by atoms with Crippen molar-refractivity contribution in [1.82, 2.24) is 19.9 Å². The number of hydrogen-bond donors (Lipinski definition) is 0. The van der Waals surface area contributed by atoms with E-state index < -0.39 is 0 Å². The smallest absolute Gasteiger partial charge is 0.255 e. The molecule has 5 nitrogen and oxygen atoms in total. The van der Waals surface area contributed by atoms with Crippen molar-refractivity contribution in [1.29, 1.82) is 0 Å². The predicted molar refractivity (Wildman–Crippen MR) is 90.4 cm³/mol. The average molecular weight is 396 g/mol. The Labute approximate surface area is 147 Å². The van der Waals surface area contributed by atoms with Crippen molar-refractivity contribution < 1.29 is 4.79 Å². The third-order valence-electron chi connectivity index (χ3n) is 4.92. The van der Waals surface area contributed by atoms with Gasteiger partial charge in [0.25, 0.3) is 5.91 Å². The van der Waals surface area contributed by atoms with E-state index in [1.165, 1.54) is 0 Å². The first-order valence-corrected chi connectivity index (χ1v) is 8.94. The van der Waals surface area contributed by atoms with Crippen molar-refractivity contribution in [3.63, 3.8) is 0 Å². The third kappa shape index (κ3) is 2.68. The lowest BCUT2D eigenvalue weighted by Gasteiger charge is -2.39. The second-order valence-electron chi connectivity index (χ2n) is 6.23. The SMILES string of the molecule is O=C(c1cc(Br)ccc1Cl)N1C2CCC1CC(n1ccnn1)C2. The molecule has 0 radical (unpaired) electrons. The molecule has 1 aromatic heterocycles. The summed E-state index contributed by atoms with van der Waals surface area (Å²) in [4.78, 5) is 15.1. The minimum atomic E-state index is 0.0424. The molecular formula is C16H16BrClN4O. The van der Waals surface area contributed by atoms with Gasteiger partial charge >= 0.3 is 0 Å². The molecule has 120 valence electrons. The summed E-state index contributed by atoms with van der Waals surface area (Å²) in [5.41, 5.74) is 0.581. The van der Waals surface area contributed by atoms with Gasteiger partial charge in [0.05, 0.1) is 22.8 Å². The summed E-state index contributed by atoms with van der Waals surface area (Å²) in [5.74, 6) is 0.0424. The van der Waals surface area contributed by atoms with Crippen LogP contribution in [0.15, 0.2) is 35.1 Å². The number of piperidine rings is 1. The van der Waals surface area contributed by atoms with E-state index in [1.807, 2.05) is 27.9 Å². The van der Waals surface area contributed by atoms with E-state index >= 15 is 0 Å². The second kappa shape index (κ2) is 5.91. The van der Waals surface area contributed by atoms with Crippen LogP contribution in [-0.2, 0) is 0 Å². The van der Waals surface area contributed by atoms with Crippen molar-refractivity contribution in [3.05, 3.63) is 45.7 Å². The molecule has 0 saturated carbocycles. The second-order valence-corrected chi connectivity index (χ2v) is 7.55. The highest BCUT2D eigenvalue weighted by Gasteiger charge is 2.44. The molecule has 1 amide bonds. The largest absolute Gasteiger partial charge is 0.332 e. The fourth-order valence-electron chi connectivity index (χ4n) is 3.91. The van der Waals surface area contributed by atoms with E-state index in [4.69, 9.17) is 11.6 Å². The zero-order chi connectivity index (χ0) is 16.0. The van der Waals surface area contributed by atoms with Crippen LogP contribution in [0.3, 0.4) is 0 Å². The van der Waals surface area contributed by atoms with Crippen molar-refractivity contribution in [2.24, 2.45) is 0 Å². The van der Waals surface area contributed by atoms with Gasteiger partial charge in [-0.1, -0.05) is 32.7 Å². The summed E-state index contributed by atoms with van der Waals surface area (Å²) in [5, 5.41) is 8.54. The summed E-state index contributed by atoms with van der Waals surface area (Å²) in [6, 6.07) is 6.27. The number of carbonyl (C=O) groups excluding carboxylic acids is 1. The Bertz CT molecular complexity index is 722. The van der Waals surface area contributed by atoms with Crippen LogP contribution in [0.5, 0.6) is 0 Å². The molecule has 3 heterocycles. The number of nitrogens with zero attached hydrogens (tertiary/aromatic N) is 4. The van der Waals surface area contributed by atoms with E-state index in [2.05, 4.69) is 26.2 Å². The zero-order valence-electron chi connectivity index (χ0n) is 12.4. The first kappa shape index (κ1) is 15.1. The number of benzene rings is 1. The Morgan fingerprint density at radius 1 is 1.22 bits per heavy atom. The summed E-state index contributed by atoms with van der Waals surface area (Å²) >= 11 is 9.67. The minimum absolute atomic E-state index is 0.0424. The van der Waals surface area contributed by atoms with E-state index in [0.717, 1.165) is 30.2 Å². The van der Waals surface area contributed by atoms with Crippen molar-refractivity contribution in [2.45, 2.75) is 43.8 Å². The Hall–Kier alpha value is -1.40. The van der Waals surface area contributed by atoms with Crippen molar-refractivity contribution in [2.75, 3.05) is 0 Å². The molecule has 2 unspecified atom stereocenters. The van der Waals surface area contributed by atoms with E-state index in [-0.39, 0.29) is 18.0 Å². The number of fused-ring (bicyclic) bond motifs is 2. The Morgan fingerprint density at radius 2 is 1.96 bits per heavy atom. The maximum atomic E-state index is 13.0. The number of carbonyl (C=O) groups is 1. The number of hydrogen-bond acceptors (Lipinski definition) is 3. The van der Waals surface area contributed by atoms with Crippen LogP contribution < -0.4 is 0 Å². The van der Waals surface area contributed by atoms with Crippen LogP contribution in [0, 0.1) is 0 Å². The van der Waals surface area contributed by atoms with Gasteiger partial charge in [-0.2, -0.15) is 0 Å². The first-order chi connectivity index (χ1) is 11.1. The highest BCUT2D eigenvalue weighted by molar-refractivity contribution is 9.10. The maximum Gasteiger partial charge on any atom is 0.255 e. The number of aromatic nitrogens is 3. The standard InChI is InChI=1S/C16H16BrClN4O/c17-10-1-4-15(18)14(7-10)16(23)22-11-2-3-12(22)9-13(8-11)21-6-5-19-20-21/h1,4-7,11-13H,2-3,8-9H2. The molecule has 2 aromatic rings. The molecule has 1 aromatic carbocycles. The van der Waals surface area contributed by atoms with Gasteiger partial charge in [-0.15, -0.1) is 5.10 Å². The lowest BCUT2D eigenvalue weighted by molar-refractivity contribution is 0.0523. The number of rotatable bonds is 2. The molecule has 2 saturated heterocycles. The normalized spacial score (nSPS) is 26.5. The lowest BCUT2D eigenvalue weighted by Crippen LogP contribution is -2.47. The Kier molecular flexibility index (Phi) is 3.89. The Morgan fingerprint density at radius 3 is 2.61 bits per heavy atom. The average Bonchev–Trinajstić information content (AvgIpc) is 3.16. The van der Waals surface area contributed by atoms with Gasteiger partial charge in [0.1, 0.15) is 0 Å². The highest BCUT2D eigenvalue weighted by atomic mass is 79.9. The highest BCUT2D eigenvalue weighted by Crippen LogP contribution is 2.41. The Balaban J connectivity index is 1.59. The van der Waals surface area contributed by atoms with Gasteiger partial charge in [-0.05, 0) is 43.9 Å². The van der Waals surface area contributed by atoms with Gasteiger partial charge in [0.2, 0.25) is 0 Å². The topological polar surface area (TPSA) is 51.0 Å². The zero-order valence-corrected chi connectivity index (χ0v) is 14.7. The molecule has 2 fully saturated rings. The van der Waals surface area contributed by atoms with Gasteiger partial charge in [0.15, 0.2) is 0 Å². The molecule has 4 rings (SSSR count). The fraction of sp³-hybridized carbons (Fsp3) is 0.438. The molecule has 2 aliphatic heterocycles. The van der Waals surface area contributed by atoms with Crippen LogP contribution in [-0.4, -0.2) is 37.9 Å². The van der Waals surface area contributed by atoms with Crippen molar-refractivity contribution >= 4 is 33.4 Å². The van der Waals surface area contributed by atoms with Gasteiger partial charge in [-0.3, -0.25) is 4.79 Å². The lowest BCUT2D eigenvalue weighted by atomic mass is 9.96. The molecule has 7 heteroatoms. The molecule has 2 atom stereocenters. The van der Waals surface area contributed by atoms with Crippen molar-refractivity contribution in [3.8, 4) is 0 Å². The summed E-state index contributed by atoms with van der Waals surface area (Å²) in [6.45, 7) is 0. The number of halogens is 2. The van der Waals surface area contributed by atoms with Crippen LogP contribution in [0.2, 0.25) is 5.02 Å². The fourth-order valence-corrected chi connectivity index (χ4v) is 4.47. The van der Waals surface area contributed by atoms with Gasteiger partial charge < -0.3 is 4.90 Å². The molecule has 0 aliphatic carbocycles. The summed E-state index contributed by atoms with van der Waals surface area (Å²) < 4.78 is 2.80. The molecule has 0 N–H and O–H groups in total. The van der Waals surface area contributed by atoms with E-state index in [0.29, 0.717) is 16.6 Å². The summed E-state index contributed by atoms with van der Waals surface area (Å²) in [6.07, 6.45) is 7.57. The first-order valence-electron chi connectivity index (χ1n) is 7.77. The van der Waals surface area contributed by atoms with Crippen LogP contribution in [0.4, 0.5) is 0 Å². The summed E-state index contributed by atoms with van der Waals surface area (Å²) in [7, 11) is 0. The predicted octanol–water partition coefficient (Wildman–Crippen LogP) is 3.70. The molecule has 2 aliphatic rings. The quantitative estimate of drug-likeness (QED) is 0.779. The third-order valence-corrected chi connectivity index (χ3v) is 5.74. The van der Waals surface area contributed by atoms with E-state index in [9.17, 15) is 4.79 Å². The maximum absolute atomic E-state index is 13.0. The minimum Gasteiger partial charge on any atom is -0.332 e. The van der Waals surface area contributed by atoms with E-state index in [1.54, 1.807) is 12.3 Å². The monoisotopic (exact) mass is 394 g/mol. The molecular weight excluding hydrogens is 380 g/mol. The molecule has 0 spiro atoms. The number of amides is 1. The van der Waals surface area contributed by atoms with Crippen LogP contribution in [0.25, 0.3) is 0 Å². The van der Waals surface area contributed by atoms with Gasteiger partial charge in [0, 0.05) is 22.8 Å². The van der Waals surface area contributed by atoms with Crippen LogP contribution in [0.1, 0.15) is 42.1 Å². The van der Waals surface area contributed by atoms with Crippen LogP contribution >= 0.6 is 27.5 Å². The molecule has 2 bridgehead atoms. The molecule has 23 heavy (non-hydrogen) atoms. The van der Waals surface area contributed by atoms with Gasteiger partial charge in [-0.25, -0.2) is 4.68 Å².